The Balaban J connectivity index is 1.50. The first-order valence-electron chi connectivity index (χ1n) is 12.2. The highest BCUT2D eigenvalue weighted by Gasteiger charge is 2.33. The van der Waals surface area contributed by atoms with Crippen LogP contribution >= 0.6 is 24.0 Å². The van der Waals surface area contributed by atoms with Gasteiger partial charge in [0.05, 0.1) is 30.0 Å². The van der Waals surface area contributed by atoms with Crippen molar-refractivity contribution < 1.29 is 13.9 Å². The lowest BCUT2D eigenvalue weighted by Gasteiger charge is -2.12. The summed E-state index contributed by atoms with van der Waals surface area (Å²) >= 11 is 6.81. The van der Waals surface area contributed by atoms with Gasteiger partial charge in [-0.3, -0.25) is 9.69 Å². The molecule has 1 fully saturated rings. The van der Waals surface area contributed by atoms with E-state index in [1.54, 1.807) is 17.2 Å². The van der Waals surface area contributed by atoms with Crippen LogP contribution in [-0.4, -0.2) is 31.5 Å². The maximum atomic E-state index is 13.3. The van der Waals surface area contributed by atoms with Crippen LogP contribution < -0.4 is 4.74 Å². The topological polar surface area (TPSA) is 60.5 Å². The molecule has 0 N–H and O–H groups in total. The Hall–Kier alpha value is -3.62. The summed E-state index contributed by atoms with van der Waals surface area (Å²) < 4.78 is 13.7. The van der Waals surface area contributed by atoms with Gasteiger partial charge in [0.2, 0.25) is 0 Å². The Bertz CT molecular complexity index is 1440. The van der Waals surface area contributed by atoms with E-state index in [0.717, 1.165) is 46.7 Å². The van der Waals surface area contributed by atoms with Gasteiger partial charge in [-0.1, -0.05) is 55.5 Å². The molecular formula is C29H27N3O3S2. The Kier molecular flexibility index (Phi) is 7.58. The molecule has 0 aliphatic carbocycles. The lowest BCUT2D eigenvalue weighted by atomic mass is 10.0. The fraction of sp³-hybridized carbons (Fsp3) is 0.207. The molecule has 1 saturated heterocycles. The van der Waals surface area contributed by atoms with Crippen LogP contribution in [0.25, 0.3) is 23.0 Å². The van der Waals surface area contributed by atoms with Crippen molar-refractivity contribution in [3.8, 4) is 22.7 Å². The number of carbonyl (C=O) groups excluding carboxylic acids is 1. The van der Waals surface area contributed by atoms with Gasteiger partial charge in [0.15, 0.2) is 0 Å². The second-order valence-electron chi connectivity index (χ2n) is 8.74. The zero-order valence-corrected chi connectivity index (χ0v) is 22.3. The summed E-state index contributed by atoms with van der Waals surface area (Å²) in [5.74, 6) is 1.42. The summed E-state index contributed by atoms with van der Waals surface area (Å²) in [6, 6.07) is 19.7. The van der Waals surface area contributed by atoms with Crippen LogP contribution in [0, 0.1) is 6.92 Å². The van der Waals surface area contributed by atoms with Gasteiger partial charge >= 0.3 is 0 Å². The van der Waals surface area contributed by atoms with Crippen molar-refractivity contribution in [2.75, 3.05) is 6.61 Å². The number of rotatable bonds is 9. The molecule has 8 heteroatoms. The van der Waals surface area contributed by atoms with E-state index in [1.807, 2.05) is 72.4 Å². The molecule has 1 aliphatic rings. The second kappa shape index (κ2) is 11.2. The average molecular weight is 530 g/mol. The molecule has 0 atom stereocenters. The Morgan fingerprint density at radius 2 is 1.97 bits per heavy atom. The predicted octanol–water partition coefficient (Wildman–Crippen LogP) is 7.02. The van der Waals surface area contributed by atoms with Gasteiger partial charge in [0, 0.05) is 17.3 Å². The van der Waals surface area contributed by atoms with Crippen molar-refractivity contribution in [2.45, 2.75) is 33.2 Å². The fourth-order valence-electron chi connectivity index (χ4n) is 4.05. The number of aromatic nitrogens is 2. The number of amides is 1. The van der Waals surface area contributed by atoms with Gasteiger partial charge in [-0.25, -0.2) is 4.68 Å². The molecule has 4 aromatic rings. The van der Waals surface area contributed by atoms with Crippen molar-refractivity contribution in [1.82, 2.24) is 14.7 Å². The Morgan fingerprint density at radius 3 is 2.70 bits per heavy atom. The molecular weight excluding hydrogens is 502 g/mol. The maximum absolute atomic E-state index is 13.3. The third-order valence-electron chi connectivity index (χ3n) is 6.02. The molecule has 2 aromatic heterocycles. The van der Waals surface area contributed by atoms with E-state index < -0.39 is 0 Å². The molecule has 6 nitrogen and oxygen atoms in total. The number of thiocarbonyl (C=S) groups is 1. The van der Waals surface area contributed by atoms with E-state index in [0.29, 0.717) is 28.1 Å². The minimum Gasteiger partial charge on any atom is -0.493 e. The first kappa shape index (κ1) is 25.0. The van der Waals surface area contributed by atoms with Crippen LogP contribution in [-0.2, 0) is 11.3 Å². The largest absolute Gasteiger partial charge is 0.493 e. The lowest BCUT2D eigenvalue weighted by Crippen LogP contribution is -2.27. The van der Waals surface area contributed by atoms with Crippen LogP contribution in [0.5, 0.6) is 5.75 Å². The van der Waals surface area contributed by atoms with E-state index in [2.05, 4.69) is 13.0 Å². The molecule has 0 unspecified atom stereocenters. The highest BCUT2D eigenvalue weighted by atomic mass is 32.2. The monoisotopic (exact) mass is 529 g/mol. The van der Waals surface area contributed by atoms with Crippen LogP contribution in [0.1, 0.15) is 36.7 Å². The van der Waals surface area contributed by atoms with Crippen molar-refractivity contribution in [1.29, 1.82) is 0 Å². The van der Waals surface area contributed by atoms with Crippen molar-refractivity contribution >= 4 is 40.3 Å². The van der Waals surface area contributed by atoms with E-state index in [9.17, 15) is 4.79 Å². The Morgan fingerprint density at radius 1 is 1.14 bits per heavy atom. The van der Waals surface area contributed by atoms with Gasteiger partial charge in [-0.15, -0.1) is 0 Å². The number of hydrogen-bond acceptors (Lipinski definition) is 6. The van der Waals surface area contributed by atoms with Gasteiger partial charge in [0.1, 0.15) is 21.5 Å². The Labute approximate surface area is 225 Å². The number of aryl methyl sites for hydroxylation is 1. The zero-order chi connectivity index (χ0) is 25.8. The van der Waals surface area contributed by atoms with E-state index >= 15 is 0 Å². The molecule has 5 rings (SSSR count). The predicted molar refractivity (Wildman–Crippen MR) is 152 cm³/mol. The number of nitrogens with zero attached hydrogens (tertiary/aromatic N) is 3. The first-order chi connectivity index (χ1) is 18.0. The molecule has 0 spiro atoms. The first-order valence-corrected chi connectivity index (χ1v) is 13.4. The molecule has 1 aliphatic heterocycles. The molecule has 0 saturated carbocycles. The third kappa shape index (κ3) is 5.55. The van der Waals surface area contributed by atoms with Crippen LogP contribution in [0.15, 0.2) is 82.4 Å². The second-order valence-corrected chi connectivity index (χ2v) is 10.4. The summed E-state index contributed by atoms with van der Waals surface area (Å²) in [5.41, 5.74) is 4.54. The smallest absolute Gasteiger partial charge is 0.266 e. The molecule has 3 heterocycles. The number of thioether (sulfide) groups is 1. The molecule has 0 bridgehead atoms. The zero-order valence-electron chi connectivity index (χ0n) is 20.7. The minimum absolute atomic E-state index is 0.138. The summed E-state index contributed by atoms with van der Waals surface area (Å²) in [5, 5.41) is 4.91. The normalized spacial score (nSPS) is 14.6. The molecule has 188 valence electrons. The van der Waals surface area contributed by atoms with Crippen molar-refractivity contribution in [3.05, 3.63) is 94.9 Å². The number of benzene rings is 2. The van der Waals surface area contributed by atoms with Crippen LogP contribution in [0.2, 0.25) is 0 Å². The van der Waals surface area contributed by atoms with Crippen LogP contribution in [0.4, 0.5) is 0 Å². The number of hydrogen-bond donors (Lipinski definition) is 0. The van der Waals surface area contributed by atoms with E-state index in [1.165, 1.54) is 11.8 Å². The summed E-state index contributed by atoms with van der Waals surface area (Å²) in [7, 11) is 0. The van der Waals surface area contributed by atoms with E-state index in [-0.39, 0.29) is 5.91 Å². The highest BCUT2D eigenvalue weighted by Crippen LogP contribution is 2.36. The number of furan rings is 1. The SMILES string of the molecule is CCCCOc1ccc(-c2nn(-c3ccccc3)cc2/C=C2\SC(=S)N(Cc3ccco3)C2=O)cc1C. The average Bonchev–Trinajstić information content (AvgIpc) is 3.63. The molecule has 2 aromatic carbocycles. The number of carbonyl (C=O) groups is 1. The van der Waals surface area contributed by atoms with Crippen LogP contribution in [0.3, 0.4) is 0 Å². The van der Waals surface area contributed by atoms with Crippen molar-refractivity contribution in [2.24, 2.45) is 0 Å². The third-order valence-corrected chi connectivity index (χ3v) is 7.40. The number of unbranched alkanes of at least 4 members (excludes halogenated alkanes) is 1. The van der Waals surface area contributed by atoms with Gasteiger partial charge < -0.3 is 9.15 Å². The fourth-order valence-corrected chi connectivity index (χ4v) is 5.30. The van der Waals surface area contributed by atoms with Gasteiger partial charge in [-0.2, -0.15) is 5.10 Å². The summed E-state index contributed by atoms with van der Waals surface area (Å²) in [6.45, 7) is 5.20. The van der Waals surface area contributed by atoms with E-state index in [4.69, 9.17) is 26.5 Å². The lowest BCUT2D eigenvalue weighted by molar-refractivity contribution is -0.122. The highest BCUT2D eigenvalue weighted by molar-refractivity contribution is 8.26. The molecule has 0 radical (unpaired) electrons. The van der Waals surface area contributed by atoms with Gasteiger partial charge in [-0.05, 0) is 67.4 Å². The number of para-hydroxylation sites is 1. The minimum atomic E-state index is -0.138. The van der Waals surface area contributed by atoms with Crippen molar-refractivity contribution in [3.63, 3.8) is 0 Å². The summed E-state index contributed by atoms with van der Waals surface area (Å²) in [6.07, 6.45) is 7.53. The molecule has 37 heavy (non-hydrogen) atoms. The quantitative estimate of drug-likeness (QED) is 0.132. The number of ether oxygens (including phenoxy) is 1. The maximum Gasteiger partial charge on any atom is 0.266 e. The standard InChI is InChI=1S/C29H27N3O3S2/c1-3-4-14-35-25-13-12-21(16-20(25)2)27-22(18-32(30-27)23-9-6-5-7-10-23)17-26-28(33)31(29(36)37-26)19-24-11-8-15-34-24/h5-13,15-18H,3-4,14,19H2,1-2H3/b26-17-. The summed E-state index contributed by atoms with van der Waals surface area (Å²) in [4.78, 5) is 15.4. The molecule has 1 amide bonds. The van der Waals surface area contributed by atoms with Gasteiger partial charge in [0.25, 0.3) is 5.91 Å².